The molecule has 120 valence electrons. The Balaban J connectivity index is 1.92. The molecule has 0 N–H and O–H groups in total. The zero-order valence-electron chi connectivity index (χ0n) is 13.6. The topological polar surface area (TPSA) is 49.9 Å². The Morgan fingerprint density at radius 2 is 1.95 bits per heavy atom. The molecule has 21 heavy (non-hydrogen) atoms. The van der Waals surface area contributed by atoms with Crippen LogP contribution in [0.2, 0.25) is 0 Å². The number of rotatable bonds is 5. The molecule has 2 aliphatic heterocycles. The highest BCUT2D eigenvalue weighted by molar-refractivity contribution is 5.76. The van der Waals surface area contributed by atoms with Crippen LogP contribution in [0.3, 0.4) is 0 Å². The van der Waals surface area contributed by atoms with Crippen LogP contribution in [0.4, 0.5) is 4.79 Å². The molecule has 0 saturated carbocycles. The third-order valence-corrected chi connectivity index (χ3v) is 4.73. The molecular formula is C16H28N2O3. The van der Waals surface area contributed by atoms with Crippen molar-refractivity contribution in [3.63, 3.8) is 0 Å². The van der Waals surface area contributed by atoms with E-state index in [-0.39, 0.29) is 23.6 Å². The molecule has 2 aliphatic rings. The van der Waals surface area contributed by atoms with Gasteiger partial charge in [0.25, 0.3) is 0 Å². The molecule has 2 heterocycles. The van der Waals surface area contributed by atoms with Crippen molar-refractivity contribution in [1.29, 1.82) is 0 Å². The summed E-state index contributed by atoms with van der Waals surface area (Å²) in [7, 11) is 0. The minimum absolute atomic E-state index is 0.177. The number of carbonyl (C=O) groups excluding carboxylic acids is 2. The van der Waals surface area contributed by atoms with Crippen LogP contribution < -0.4 is 0 Å². The smallest absolute Gasteiger partial charge is 0.410 e. The van der Waals surface area contributed by atoms with Crippen molar-refractivity contribution >= 4 is 12.0 Å². The molecule has 1 spiro atoms. The maximum Gasteiger partial charge on any atom is 0.410 e. The van der Waals surface area contributed by atoms with Gasteiger partial charge in [-0.3, -0.25) is 4.79 Å². The van der Waals surface area contributed by atoms with Crippen molar-refractivity contribution in [2.24, 2.45) is 0 Å². The van der Waals surface area contributed by atoms with Gasteiger partial charge in [0.2, 0.25) is 5.91 Å². The van der Waals surface area contributed by atoms with Gasteiger partial charge in [-0.15, -0.1) is 0 Å². The lowest BCUT2D eigenvalue weighted by atomic mass is 9.90. The SMILES string of the molecule is CCCC(=O)N1CCC2(CC1)CN([C@@H](C)CCC)C(=O)O2. The Labute approximate surface area is 127 Å². The number of carbonyl (C=O) groups is 2. The van der Waals surface area contributed by atoms with Crippen molar-refractivity contribution < 1.29 is 14.3 Å². The van der Waals surface area contributed by atoms with Crippen LogP contribution in [0.15, 0.2) is 0 Å². The lowest BCUT2D eigenvalue weighted by molar-refractivity contribution is -0.134. The van der Waals surface area contributed by atoms with Gasteiger partial charge in [0.1, 0.15) is 5.60 Å². The highest BCUT2D eigenvalue weighted by Gasteiger charge is 2.48. The molecule has 1 atom stereocenters. The minimum Gasteiger partial charge on any atom is -0.441 e. The number of likely N-dealkylation sites (tertiary alicyclic amines) is 1. The molecule has 5 heteroatoms. The molecule has 2 fully saturated rings. The molecule has 0 bridgehead atoms. The Kier molecular flexibility index (Phi) is 5.12. The average molecular weight is 296 g/mol. The number of piperidine rings is 1. The van der Waals surface area contributed by atoms with Gasteiger partial charge in [-0.2, -0.15) is 0 Å². The Hall–Kier alpha value is -1.26. The number of amides is 2. The summed E-state index contributed by atoms with van der Waals surface area (Å²) < 4.78 is 5.71. The summed E-state index contributed by atoms with van der Waals surface area (Å²) >= 11 is 0. The van der Waals surface area contributed by atoms with E-state index in [2.05, 4.69) is 13.8 Å². The van der Waals surface area contributed by atoms with E-state index in [1.54, 1.807) is 0 Å². The number of hydrogen-bond acceptors (Lipinski definition) is 3. The zero-order valence-corrected chi connectivity index (χ0v) is 13.6. The van der Waals surface area contributed by atoms with Crippen LogP contribution in [0, 0.1) is 0 Å². The first-order valence-corrected chi connectivity index (χ1v) is 8.28. The Morgan fingerprint density at radius 1 is 1.29 bits per heavy atom. The van der Waals surface area contributed by atoms with Gasteiger partial charge < -0.3 is 14.5 Å². The highest BCUT2D eigenvalue weighted by atomic mass is 16.6. The lowest BCUT2D eigenvalue weighted by Crippen LogP contribution is -2.49. The van der Waals surface area contributed by atoms with Crippen molar-refractivity contribution in [3.05, 3.63) is 0 Å². The minimum atomic E-state index is -0.359. The van der Waals surface area contributed by atoms with Gasteiger partial charge >= 0.3 is 6.09 Å². The third kappa shape index (κ3) is 3.50. The summed E-state index contributed by atoms with van der Waals surface area (Å²) in [5, 5.41) is 0. The maximum atomic E-state index is 12.1. The summed E-state index contributed by atoms with van der Waals surface area (Å²) in [6.45, 7) is 8.34. The molecule has 5 nitrogen and oxygen atoms in total. The number of hydrogen-bond donors (Lipinski definition) is 0. The van der Waals surface area contributed by atoms with Crippen LogP contribution in [0.1, 0.15) is 59.3 Å². The first-order valence-electron chi connectivity index (χ1n) is 8.28. The molecule has 2 amide bonds. The molecule has 0 radical (unpaired) electrons. The molecule has 0 unspecified atom stereocenters. The van der Waals surface area contributed by atoms with Gasteiger partial charge in [-0.1, -0.05) is 20.3 Å². The second kappa shape index (κ2) is 6.67. The van der Waals surface area contributed by atoms with Crippen molar-refractivity contribution in [3.8, 4) is 0 Å². The van der Waals surface area contributed by atoms with E-state index in [4.69, 9.17) is 4.74 Å². The van der Waals surface area contributed by atoms with E-state index in [1.807, 2.05) is 16.7 Å². The maximum absolute atomic E-state index is 12.1. The fraction of sp³-hybridized carbons (Fsp3) is 0.875. The van der Waals surface area contributed by atoms with Crippen LogP contribution in [-0.2, 0) is 9.53 Å². The second-order valence-electron chi connectivity index (χ2n) is 6.45. The fourth-order valence-electron chi connectivity index (χ4n) is 3.36. The second-order valence-corrected chi connectivity index (χ2v) is 6.45. The Bertz CT molecular complexity index is 389. The summed E-state index contributed by atoms with van der Waals surface area (Å²) in [5.74, 6) is 0.230. The van der Waals surface area contributed by atoms with Gasteiger partial charge in [0, 0.05) is 38.4 Å². The van der Waals surface area contributed by atoms with Crippen LogP contribution in [0.25, 0.3) is 0 Å². The predicted molar refractivity (Wildman–Crippen MR) is 81.0 cm³/mol. The summed E-state index contributed by atoms with van der Waals surface area (Å²) in [5.41, 5.74) is -0.359. The van der Waals surface area contributed by atoms with Crippen molar-refractivity contribution in [1.82, 2.24) is 9.80 Å². The van der Waals surface area contributed by atoms with Gasteiger partial charge in [-0.25, -0.2) is 4.79 Å². The quantitative estimate of drug-likeness (QED) is 0.784. The summed E-state index contributed by atoms with van der Waals surface area (Å²) in [4.78, 5) is 27.8. The molecule has 0 aromatic heterocycles. The normalized spacial score (nSPS) is 22.5. The van der Waals surface area contributed by atoms with Crippen molar-refractivity contribution in [2.75, 3.05) is 19.6 Å². The molecule has 0 aromatic rings. The number of nitrogens with zero attached hydrogens (tertiary/aromatic N) is 2. The average Bonchev–Trinajstić information content (AvgIpc) is 2.77. The van der Waals surface area contributed by atoms with E-state index in [0.29, 0.717) is 26.1 Å². The van der Waals surface area contributed by atoms with Gasteiger partial charge in [-0.05, 0) is 19.8 Å². The van der Waals surface area contributed by atoms with Crippen LogP contribution >= 0.6 is 0 Å². The van der Waals surface area contributed by atoms with E-state index < -0.39 is 0 Å². The molecule has 0 aromatic carbocycles. The van der Waals surface area contributed by atoms with E-state index in [9.17, 15) is 9.59 Å². The number of ether oxygens (including phenoxy) is 1. The van der Waals surface area contributed by atoms with E-state index >= 15 is 0 Å². The third-order valence-electron chi connectivity index (χ3n) is 4.73. The zero-order chi connectivity index (χ0) is 15.5. The standard InChI is InChI=1S/C16H28N2O3/c1-4-6-13(3)18-12-16(21-15(18)20)8-10-17(11-9-16)14(19)7-5-2/h13H,4-12H2,1-3H3/t13-/m0/s1. The molecule has 2 saturated heterocycles. The fourth-order valence-corrected chi connectivity index (χ4v) is 3.36. The van der Waals surface area contributed by atoms with E-state index in [1.165, 1.54) is 0 Å². The molecular weight excluding hydrogens is 268 g/mol. The van der Waals surface area contributed by atoms with Gasteiger partial charge in [0.15, 0.2) is 0 Å². The lowest BCUT2D eigenvalue weighted by Gasteiger charge is -2.37. The predicted octanol–water partition coefficient (Wildman–Crippen LogP) is 2.79. The monoisotopic (exact) mass is 296 g/mol. The van der Waals surface area contributed by atoms with E-state index in [0.717, 1.165) is 32.1 Å². The Morgan fingerprint density at radius 3 is 2.52 bits per heavy atom. The van der Waals surface area contributed by atoms with Crippen LogP contribution in [-0.4, -0.2) is 53.1 Å². The summed E-state index contributed by atoms with van der Waals surface area (Å²) in [6.07, 6.45) is 4.94. The molecule has 0 aliphatic carbocycles. The largest absolute Gasteiger partial charge is 0.441 e. The van der Waals surface area contributed by atoms with Gasteiger partial charge in [0.05, 0.1) is 6.54 Å². The first kappa shape index (κ1) is 16.1. The first-order chi connectivity index (χ1) is 10.0. The van der Waals surface area contributed by atoms with Crippen molar-refractivity contribution in [2.45, 2.75) is 70.9 Å². The van der Waals surface area contributed by atoms with Crippen LogP contribution in [0.5, 0.6) is 0 Å². The summed E-state index contributed by atoms with van der Waals surface area (Å²) in [6, 6.07) is 0.238. The molecule has 2 rings (SSSR count). The highest BCUT2D eigenvalue weighted by Crippen LogP contribution is 2.34.